The molecular formula is C19H38BrNO2. The van der Waals surface area contributed by atoms with E-state index in [-0.39, 0.29) is 11.9 Å². The van der Waals surface area contributed by atoms with Crippen LogP contribution in [0.5, 0.6) is 0 Å². The van der Waals surface area contributed by atoms with Crippen molar-refractivity contribution in [1.82, 2.24) is 5.32 Å². The van der Waals surface area contributed by atoms with Gasteiger partial charge in [0.05, 0.1) is 17.5 Å². The summed E-state index contributed by atoms with van der Waals surface area (Å²) in [6.45, 7) is 4.13. The molecular weight excluding hydrogens is 354 g/mol. The molecule has 0 fully saturated rings. The van der Waals surface area contributed by atoms with Gasteiger partial charge in [-0.3, -0.25) is 4.79 Å². The maximum absolute atomic E-state index is 11.2. The van der Waals surface area contributed by atoms with Crippen LogP contribution in [0.25, 0.3) is 0 Å². The minimum atomic E-state index is -0.430. The number of unbranched alkanes of at least 4 members (excludes halogenated alkanes) is 11. The van der Waals surface area contributed by atoms with Crippen molar-refractivity contribution in [3.05, 3.63) is 0 Å². The van der Waals surface area contributed by atoms with Crippen LogP contribution in [0.1, 0.15) is 97.3 Å². The molecule has 0 aliphatic carbocycles. The van der Waals surface area contributed by atoms with Crippen molar-refractivity contribution < 1.29 is 9.90 Å². The Morgan fingerprint density at radius 1 is 0.913 bits per heavy atom. The Morgan fingerprint density at radius 2 is 1.35 bits per heavy atom. The van der Waals surface area contributed by atoms with E-state index in [1.54, 1.807) is 0 Å². The lowest BCUT2D eigenvalue weighted by Crippen LogP contribution is -2.41. The number of alkyl halides is 1. The summed E-state index contributed by atoms with van der Waals surface area (Å²) in [5, 5.41) is 13.1. The van der Waals surface area contributed by atoms with Crippen LogP contribution < -0.4 is 5.32 Å². The number of hydrogen-bond donors (Lipinski definition) is 2. The molecule has 0 aliphatic rings. The summed E-state index contributed by atoms with van der Waals surface area (Å²) in [5.41, 5.74) is 0. The van der Waals surface area contributed by atoms with Crippen LogP contribution in [0.15, 0.2) is 0 Å². The highest BCUT2D eigenvalue weighted by Gasteiger charge is 2.15. The lowest BCUT2D eigenvalue weighted by atomic mass is 10.0. The van der Waals surface area contributed by atoms with Crippen molar-refractivity contribution in [2.45, 2.75) is 109 Å². The largest absolute Gasteiger partial charge is 0.391 e. The minimum Gasteiger partial charge on any atom is -0.391 e. The summed E-state index contributed by atoms with van der Waals surface area (Å²) < 4.78 is 0. The third-order valence-electron chi connectivity index (χ3n) is 4.44. The zero-order valence-corrected chi connectivity index (χ0v) is 16.9. The monoisotopic (exact) mass is 391 g/mol. The molecule has 1 amide bonds. The third-order valence-corrected chi connectivity index (χ3v) is 4.95. The first-order valence-electron chi connectivity index (χ1n) is 9.65. The van der Waals surface area contributed by atoms with Gasteiger partial charge in [-0.2, -0.15) is 0 Å². The van der Waals surface area contributed by atoms with Gasteiger partial charge in [-0.25, -0.2) is 0 Å². The van der Waals surface area contributed by atoms with Crippen LogP contribution in [0.4, 0.5) is 0 Å². The summed E-state index contributed by atoms with van der Waals surface area (Å²) in [6, 6.07) is -0.159. The van der Waals surface area contributed by atoms with Crippen LogP contribution in [-0.2, 0) is 4.79 Å². The van der Waals surface area contributed by atoms with Crippen LogP contribution >= 0.6 is 15.9 Å². The molecule has 0 aromatic carbocycles. The van der Waals surface area contributed by atoms with Gasteiger partial charge in [-0.1, -0.05) is 99.9 Å². The van der Waals surface area contributed by atoms with Crippen molar-refractivity contribution in [3.63, 3.8) is 0 Å². The molecule has 2 atom stereocenters. The second-order valence-electron chi connectivity index (χ2n) is 6.73. The highest BCUT2D eigenvalue weighted by Crippen LogP contribution is 2.13. The number of carbonyl (C=O) groups is 1. The van der Waals surface area contributed by atoms with Gasteiger partial charge < -0.3 is 10.4 Å². The minimum absolute atomic E-state index is 0.0637. The number of nitrogens with one attached hydrogen (secondary N) is 1. The Balaban J connectivity index is 3.30. The fourth-order valence-electron chi connectivity index (χ4n) is 2.83. The van der Waals surface area contributed by atoms with Gasteiger partial charge in [0.25, 0.3) is 0 Å². The van der Waals surface area contributed by atoms with E-state index in [9.17, 15) is 9.90 Å². The van der Waals surface area contributed by atoms with E-state index >= 15 is 0 Å². The molecule has 0 unspecified atom stereocenters. The van der Waals surface area contributed by atoms with E-state index in [1.165, 1.54) is 70.6 Å². The molecule has 3 nitrogen and oxygen atoms in total. The van der Waals surface area contributed by atoms with Gasteiger partial charge in [-0.05, 0) is 13.3 Å². The number of hydrogen-bond acceptors (Lipinski definition) is 2. The lowest BCUT2D eigenvalue weighted by molar-refractivity contribution is -0.119. The van der Waals surface area contributed by atoms with Crippen LogP contribution in [0.2, 0.25) is 0 Å². The standard InChI is InChI=1S/C19H38BrNO2/c1-3-4-5-6-7-8-9-10-11-12-13-14-15-18(22)17(2)21-19(23)16-20/h17-18,22H,3-16H2,1-2H3,(H,21,23)/t17-,18-/m1/s1. The number of aliphatic hydroxyl groups is 1. The summed E-state index contributed by atoms with van der Waals surface area (Å²) in [7, 11) is 0. The van der Waals surface area contributed by atoms with Crippen molar-refractivity contribution in [2.75, 3.05) is 5.33 Å². The highest BCUT2D eigenvalue weighted by atomic mass is 79.9. The predicted molar refractivity (Wildman–Crippen MR) is 103 cm³/mol. The zero-order chi connectivity index (χ0) is 17.3. The molecule has 2 N–H and O–H groups in total. The van der Waals surface area contributed by atoms with E-state index < -0.39 is 6.10 Å². The average Bonchev–Trinajstić information content (AvgIpc) is 2.55. The van der Waals surface area contributed by atoms with E-state index in [0.29, 0.717) is 5.33 Å². The van der Waals surface area contributed by atoms with E-state index in [4.69, 9.17) is 0 Å². The number of amides is 1. The number of carbonyl (C=O) groups excluding carboxylic acids is 1. The molecule has 23 heavy (non-hydrogen) atoms. The summed E-state index contributed by atoms with van der Waals surface area (Å²) in [6.07, 6.45) is 16.3. The Labute approximate surface area is 152 Å². The fourth-order valence-corrected chi connectivity index (χ4v) is 3.00. The quantitative estimate of drug-likeness (QED) is 0.275. The Kier molecular flexibility index (Phi) is 16.7. The second kappa shape index (κ2) is 16.8. The predicted octanol–water partition coefficient (Wildman–Crippen LogP) is 5.34. The van der Waals surface area contributed by atoms with Gasteiger partial charge in [0, 0.05) is 0 Å². The van der Waals surface area contributed by atoms with Crippen LogP contribution in [0.3, 0.4) is 0 Å². The Hall–Kier alpha value is -0.0900. The van der Waals surface area contributed by atoms with Crippen molar-refractivity contribution in [1.29, 1.82) is 0 Å². The van der Waals surface area contributed by atoms with Gasteiger partial charge in [0.1, 0.15) is 0 Å². The second-order valence-corrected chi connectivity index (χ2v) is 7.30. The first-order valence-corrected chi connectivity index (χ1v) is 10.8. The number of rotatable bonds is 16. The Morgan fingerprint density at radius 3 is 1.78 bits per heavy atom. The molecule has 0 rings (SSSR count). The number of halogens is 1. The van der Waals surface area contributed by atoms with E-state index in [1.807, 2.05) is 6.92 Å². The third kappa shape index (κ3) is 15.2. The van der Waals surface area contributed by atoms with Gasteiger partial charge >= 0.3 is 0 Å². The topological polar surface area (TPSA) is 49.3 Å². The van der Waals surface area contributed by atoms with E-state index in [2.05, 4.69) is 28.2 Å². The molecule has 0 saturated heterocycles. The van der Waals surface area contributed by atoms with Crippen LogP contribution in [0, 0.1) is 0 Å². The zero-order valence-electron chi connectivity index (χ0n) is 15.3. The smallest absolute Gasteiger partial charge is 0.230 e. The van der Waals surface area contributed by atoms with Crippen molar-refractivity contribution in [2.24, 2.45) is 0 Å². The molecule has 0 heterocycles. The number of aliphatic hydroxyl groups excluding tert-OH is 1. The summed E-state index contributed by atoms with van der Waals surface area (Å²) >= 11 is 3.11. The van der Waals surface area contributed by atoms with Crippen molar-refractivity contribution in [3.8, 4) is 0 Å². The summed E-state index contributed by atoms with van der Waals surface area (Å²) in [4.78, 5) is 11.2. The molecule has 0 aromatic heterocycles. The van der Waals surface area contributed by atoms with Gasteiger partial charge in [-0.15, -0.1) is 0 Å². The highest BCUT2D eigenvalue weighted by molar-refractivity contribution is 9.09. The van der Waals surface area contributed by atoms with Crippen LogP contribution in [-0.4, -0.2) is 28.5 Å². The average molecular weight is 392 g/mol. The van der Waals surface area contributed by atoms with Gasteiger partial charge in [0.15, 0.2) is 0 Å². The SMILES string of the molecule is CCCCCCCCCCCCCC[C@@H](O)[C@@H](C)NC(=O)CBr. The maximum atomic E-state index is 11.2. The molecule has 0 saturated carbocycles. The van der Waals surface area contributed by atoms with Crippen molar-refractivity contribution >= 4 is 21.8 Å². The summed E-state index contributed by atoms with van der Waals surface area (Å²) in [5.74, 6) is -0.0637. The maximum Gasteiger partial charge on any atom is 0.230 e. The first-order chi connectivity index (χ1) is 11.1. The normalized spacial score (nSPS) is 13.7. The molecule has 138 valence electrons. The molecule has 0 radical (unpaired) electrons. The molecule has 0 bridgehead atoms. The van der Waals surface area contributed by atoms with E-state index in [0.717, 1.165) is 12.8 Å². The lowest BCUT2D eigenvalue weighted by Gasteiger charge is -2.19. The molecule has 4 heteroatoms. The first kappa shape index (κ1) is 22.9. The molecule has 0 spiro atoms. The fraction of sp³-hybridized carbons (Fsp3) is 0.947. The van der Waals surface area contributed by atoms with Gasteiger partial charge in [0.2, 0.25) is 5.91 Å². The molecule has 0 aromatic rings. The molecule has 0 aliphatic heterocycles. The Bertz CT molecular complexity index is 274.